The molecule has 0 aromatic rings. The van der Waals surface area contributed by atoms with E-state index in [0.717, 1.165) is 0 Å². The van der Waals surface area contributed by atoms with E-state index < -0.39 is 0 Å². The maximum Gasteiger partial charge on any atom is 0.00547 e. The van der Waals surface area contributed by atoms with E-state index in [1.807, 2.05) is 0 Å². The van der Waals surface area contributed by atoms with Crippen LogP contribution in [-0.2, 0) is 0 Å². The van der Waals surface area contributed by atoms with Crippen LogP contribution in [0.1, 0.15) is 0 Å². The van der Waals surface area contributed by atoms with Gasteiger partial charge >= 0.3 is 0 Å². The highest BCUT2D eigenvalue weighted by atomic mass is 127. The van der Waals surface area contributed by atoms with E-state index in [4.69, 9.17) is 0 Å². The molecule has 0 N–H and O–H groups in total. The number of rotatable bonds is 0. The molecule has 0 radical (unpaired) electrons. The average Bonchev–Trinajstić information content (AvgIpc) is 1.72. The lowest BCUT2D eigenvalue weighted by Crippen LogP contribution is -1.50. The standard InChI is InChI=1S/C3H3I3/c1-4-2-6-3-5-1/h1-3H. The van der Waals surface area contributed by atoms with Gasteiger partial charge in [-0.05, 0) is 0 Å². The van der Waals surface area contributed by atoms with Gasteiger partial charge < -0.3 is 0 Å². The Hall–Kier alpha value is 1.80. The third-order valence-corrected chi connectivity index (χ3v) is 12.9. The average molecular weight is 420 g/mol. The van der Waals surface area contributed by atoms with Crippen molar-refractivity contribution in [2.45, 2.75) is 0 Å². The topological polar surface area (TPSA) is 0 Å². The van der Waals surface area contributed by atoms with Crippen LogP contribution in [0.2, 0.25) is 0 Å². The zero-order chi connectivity index (χ0) is 4.24. The van der Waals surface area contributed by atoms with Crippen molar-refractivity contribution in [2.75, 3.05) is 0 Å². The molecule has 0 amide bonds. The normalized spacial score (nSPS) is 20.0. The molecule has 0 unspecified atom stereocenters. The Labute approximate surface area is 66.9 Å². The van der Waals surface area contributed by atoms with Gasteiger partial charge in [-0.1, -0.05) is 62.2 Å². The molecule has 1 heterocycles. The van der Waals surface area contributed by atoms with Crippen LogP contribution in [-0.4, -0.2) is 6.06 Å². The summed E-state index contributed by atoms with van der Waals surface area (Å²) in [6, 6.07) is 0. The van der Waals surface area contributed by atoms with Crippen LogP contribution >= 0.6 is 62.2 Å². The lowest BCUT2D eigenvalue weighted by atomic mass is 12.0. The van der Waals surface area contributed by atoms with Gasteiger partial charge in [0.2, 0.25) is 0 Å². The van der Waals surface area contributed by atoms with Crippen LogP contribution in [0.4, 0.5) is 0 Å². The highest BCUT2D eigenvalue weighted by Crippen LogP contribution is 2.11. The number of halogens is 3. The summed E-state index contributed by atoms with van der Waals surface area (Å²) in [5, 5.41) is 0. The lowest BCUT2D eigenvalue weighted by Gasteiger charge is -1.74. The second-order valence-corrected chi connectivity index (χ2v) is 13.7. The molecule has 0 aromatic heterocycles. The van der Waals surface area contributed by atoms with Gasteiger partial charge in [-0.3, -0.25) is 0 Å². The summed E-state index contributed by atoms with van der Waals surface area (Å²) < 4.78 is 7.59. The monoisotopic (exact) mass is 420 g/mol. The molecule has 0 saturated carbocycles. The van der Waals surface area contributed by atoms with E-state index in [9.17, 15) is 0 Å². The van der Waals surface area contributed by atoms with E-state index in [-0.39, 0.29) is 0 Å². The van der Waals surface area contributed by atoms with Gasteiger partial charge in [-0.2, -0.15) is 0 Å². The zero-order valence-electron chi connectivity index (χ0n) is 2.87. The molecule has 0 aliphatic carbocycles. The lowest BCUT2D eigenvalue weighted by molar-refractivity contribution is 4.70. The first-order valence-corrected chi connectivity index (χ1v) is 8.78. The minimum atomic E-state index is 0.531. The summed E-state index contributed by atoms with van der Waals surface area (Å²) in [4.78, 5) is 0. The Balaban J connectivity index is 2.77. The van der Waals surface area contributed by atoms with Crippen LogP contribution in [0.5, 0.6) is 0 Å². The quantitative estimate of drug-likeness (QED) is 0.528. The van der Waals surface area contributed by atoms with Gasteiger partial charge in [-0.25, -0.2) is 0 Å². The van der Waals surface area contributed by atoms with E-state index in [0.29, 0.717) is 62.2 Å². The predicted molar refractivity (Wildman–Crippen MR) is 60.3 cm³/mol. The molecular weight excluding hydrogens is 417 g/mol. The second kappa shape index (κ2) is 3.76. The molecule has 0 fully saturated rings. The Kier molecular flexibility index (Phi) is 3.71. The van der Waals surface area contributed by atoms with Crippen LogP contribution < -0.4 is 0 Å². The first kappa shape index (κ1) is 5.93. The molecule has 6 heavy (non-hydrogen) atoms. The number of hydrogen-bond donors (Lipinski definition) is 0. The van der Waals surface area contributed by atoms with Crippen molar-refractivity contribution in [3.8, 4) is 0 Å². The van der Waals surface area contributed by atoms with Gasteiger partial charge in [0.25, 0.3) is 0 Å². The fourth-order valence-corrected chi connectivity index (χ4v) is 20.0. The summed E-state index contributed by atoms with van der Waals surface area (Å²) in [5.74, 6) is 0. The van der Waals surface area contributed by atoms with Crippen molar-refractivity contribution in [1.29, 1.82) is 0 Å². The van der Waals surface area contributed by atoms with Gasteiger partial charge in [-0.15, -0.1) is 0 Å². The Morgan fingerprint density at radius 3 is 1.17 bits per heavy atom. The molecule has 0 atom stereocenters. The molecule has 0 spiro atoms. The first-order chi connectivity index (χ1) is 3.00. The van der Waals surface area contributed by atoms with Crippen LogP contribution in [0.3, 0.4) is 0 Å². The Bertz CT molecular complexity index is 75.4. The van der Waals surface area contributed by atoms with Crippen LogP contribution in [0, 0.1) is 0 Å². The van der Waals surface area contributed by atoms with E-state index in [1.54, 1.807) is 0 Å². The summed E-state index contributed by atoms with van der Waals surface area (Å²) in [5.41, 5.74) is 0. The summed E-state index contributed by atoms with van der Waals surface area (Å²) in [7, 11) is 0. The van der Waals surface area contributed by atoms with Gasteiger partial charge in [0, 0.05) is 6.06 Å². The molecule has 3 heteroatoms. The van der Waals surface area contributed by atoms with E-state index >= 15 is 0 Å². The van der Waals surface area contributed by atoms with Crippen molar-refractivity contribution >= 4 is 68.2 Å². The number of hydrogen-bond acceptors (Lipinski definition) is 0. The third-order valence-electron chi connectivity index (χ3n) is 0.286. The maximum absolute atomic E-state index is 2.53. The van der Waals surface area contributed by atoms with Crippen LogP contribution in [0.15, 0.2) is 0 Å². The molecule has 0 aromatic carbocycles. The minimum absolute atomic E-state index is 0.531. The van der Waals surface area contributed by atoms with E-state index in [2.05, 4.69) is 6.06 Å². The summed E-state index contributed by atoms with van der Waals surface area (Å²) >= 11 is 1.59. The van der Waals surface area contributed by atoms with Gasteiger partial charge in [0.05, 0.1) is 0 Å². The van der Waals surface area contributed by atoms with Gasteiger partial charge in [0.1, 0.15) is 0 Å². The molecule has 0 bridgehead atoms. The molecule has 1 aliphatic rings. The van der Waals surface area contributed by atoms with E-state index in [1.165, 1.54) is 0 Å². The molecule has 1 aliphatic heterocycles. The van der Waals surface area contributed by atoms with Crippen molar-refractivity contribution in [1.82, 2.24) is 0 Å². The highest BCUT2D eigenvalue weighted by molar-refractivity contribution is 14.3. The maximum atomic E-state index is 2.53. The van der Waals surface area contributed by atoms with Crippen molar-refractivity contribution in [3.05, 3.63) is 0 Å². The summed E-state index contributed by atoms with van der Waals surface area (Å²) in [6.07, 6.45) is 0. The van der Waals surface area contributed by atoms with Crippen molar-refractivity contribution in [2.24, 2.45) is 0 Å². The largest absolute Gasteiger partial charge is 0.0811 e. The minimum Gasteiger partial charge on any atom is -0.0811 e. The third kappa shape index (κ3) is 2.20. The predicted octanol–water partition coefficient (Wildman–Crippen LogP) is 2.19. The highest BCUT2D eigenvalue weighted by Gasteiger charge is 1.67. The molecule has 36 valence electrons. The Morgan fingerprint density at radius 1 is 0.667 bits per heavy atom. The molecule has 0 nitrogen and oxygen atoms in total. The fraction of sp³-hybridized carbons (Fsp3) is 0. The molecule has 0 saturated heterocycles. The first-order valence-electron chi connectivity index (χ1n) is 1.31. The van der Waals surface area contributed by atoms with Crippen LogP contribution in [0.25, 0.3) is 0 Å². The summed E-state index contributed by atoms with van der Waals surface area (Å²) in [6.45, 7) is 0. The fourth-order valence-electron chi connectivity index (χ4n) is 0.136. The SMILES string of the molecule is C1=IC=IC=I1. The smallest absolute Gasteiger partial charge is 0.00547 e. The van der Waals surface area contributed by atoms with Gasteiger partial charge in [0.15, 0.2) is 0 Å². The molecular formula is C3H3I3. The van der Waals surface area contributed by atoms with Crippen molar-refractivity contribution < 1.29 is 0 Å². The zero-order valence-corrected chi connectivity index (χ0v) is 9.34. The van der Waals surface area contributed by atoms with Crippen molar-refractivity contribution in [3.63, 3.8) is 0 Å². The Morgan fingerprint density at radius 2 is 1.00 bits per heavy atom. The second-order valence-electron chi connectivity index (χ2n) is 0.625. The molecule has 1 rings (SSSR count).